The molecule has 106 valence electrons. The number of rotatable bonds is 5. The highest BCUT2D eigenvalue weighted by Gasteiger charge is 2.25. The Hall–Kier alpha value is -0.900. The minimum atomic E-state index is 0.275. The summed E-state index contributed by atoms with van der Waals surface area (Å²) in [5.74, 6) is 0.617. The topological polar surface area (TPSA) is 35.5 Å². The number of hydrogen-bond acceptors (Lipinski definition) is 3. The fraction of sp³-hybridized carbons (Fsp3) is 0.625. The van der Waals surface area contributed by atoms with Crippen LogP contribution in [0.3, 0.4) is 0 Å². The van der Waals surface area contributed by atoms with E-state index in [9.17, 15) is 0 Å². The number of aliphatic hydroxyl groups is 1. The fourth-order valence-electron chi connectivity index (χ4n) is 2.93. The zero-order chi connectivity index (χ0) is 13.7. The van der Waals surface area contributed by atoms with Crippen molar-refractivity contribution in [3.05, 3.63) is 35.4 Å². The summed E-state index contributed by atoms with van der Waals surface area (Å²) < 4.78 is 0. The predicted octanol–water partition coefficient (Wildman–Crippen LogP) is 1.75. The first-order chi connectivity index (χ1) is 9.19. The molecule has 0 aliphatic carbocycles. The van der Waals surface area contributed by atoms with E-state index in [2.05, 4.69) is 48.5 Å². The molecule has 1 aliphatic heterocycles. The van der Waals surface area contributed by atoms with Crippen LogP contribution in [0.4, 0.5) is 0 Å². The smallest absolute Gasteiger partial charge is 0.0443 e. The molecule has 1 saturated heterocycles. The van der Waals surface area contributed by atoms with Crippen molar-refractivity contribution in [3.63, 3.8) is 0 Å². The van der Waals surface area contributed by atoms with Crippen LogP contribution in [0.15, 0.2) is 24.3 Å². The Labute approximate surface area is 116 Å². The summed E-state index contributed by atoms with van der Waals surface area (Å²) >= 11 is 0. The summed E-state index contributed by atoms with van der Waals surface area (Å²) in [5, 5.41) is 12.4. The van der Waals surface area contributed by atoms with Crippen LogP contribution in [0.1, 0.15) is 29.9 Å². The lowest BCUT2D eigenvalue weighted by Crippen LogP contribution is -2.47. The summed E-state index contributed by atoms with van der Waals surface area (Å²) in [4.78, 5) is 2.41. The predicted molar refractivity (Wildman–Crippen MR) is 79.5 cm³/mol. The van der Waals surface area contributed by atoms with Crippen molar-refractivity contribution >= 4 is 0 Å². The Morgan fingerprint density at radius 2 is 2.00 bits per heavy atom. The molecule has 0 spiro atoms. The summed E-state index contributed by atoms with van der Waals surface area (Å²) in [6, 6.07) is 9.49. The molecular formula is C16H26N2O. The summed E-state index contributed by atoms with van der Waals surface area (Å²) in [6.07, 6.45) is 2.04. The van der Waals surface area contributed by atoms with Crippen LogP contribution in [0.2, 0.25) is 0 Å². The average Bonchev–Trinajstić information content (AvgIpc) is 2.39. The average molecular weight is 262 g/mol. The Kier molecular flexibility index (Phi) is 5.37. The highest BCUT2D eigenvalue weighted by Crippen LogP contribution is 2.26. The van der Waals surface area contributed by atoms with E-state index in [0.717, 1.165) is 26.1 Å². The van der Waals surface area contributed by atoms with Crippen LogP contribution in [-0.4, -0.2) is 49.3 Å². The molecule has 1 fully saturated rings. The van der Waals surface area contributed by atoms with Gasteiger partial charge in [0.25, 0.3) is 0 Å². The van der Waals surface area contributed by atoms with Gasteiger partial charge < -0.3 is 15.3 Å². The van der Waals surface area contributed by atoms with E-state index in [0.29, 0.717) is 12.0 Å². The van der Waals surface area contributed by atoms with Crippen LogP contribution in [0.5, 0.6) is 0 Å². The van der Waals surface area contributed by atoms with Gasteiger partial charge in [-0.05, 0) is 44.8 Å². The van der Waals surface area contributed by atoms with Gasteiger partial charge in [0.15, 0.2) is 0 Å². The summed E-state index contributed by atoms with van der Waals surface area (Å²) in [6.45, 7) is 5.57. The van der Waals surface area contributed by atoms with Crippen LogP contribution >= 0.6 is 0 Å². The quantitative estimate of drug-likeness (QED) is 0.794. The second kappa shape index (κ2) is 7.04. The van der Waals surface area contributed by atoms with Crippen molar-refractivity contribution in [1.82, 2.24) is 10.2 Å². The molecule has 0 amide bonds. The lowest BCUT2D eigenvalue weighted by Gasteiger charge is -2.36. The van der Waals surface area contributed by atoms with Gasteiger partial charge in [-0.15, -0.1) is 0 Å². The SMILES string of the molecule is Cc1ccc(C2CC(NCCCO)CN(C)C2)cc1. The number of benzene rings is 1. The van der Waals surface area contributed by atoms with Gasteiger partial charge in [-0.2, -0.15) is 0 Å². The molecule has 1 heterocycles. The van der Waals surface area contributed by atoms with Crippen molar-refractivity contribution in [3.8, 4) is 0 Å². The van der Waals surface area contributed by atoms with Crippen LogP contribution in [0.25, 0.3) is 0 Å². The van der Waals surface area contributed by atoms with Gasteiger partial charge in [-0.25, -0.2) is 0 Å². The zero-order valence-electron chi connectivity index (χ0n) is 12.1. The third-order valence-electron chi connectivity index (χ3n) is 3.95. The molecule has 3 heteroatoms. The number of likely N-dealkylation sites (N-methyl/N-ethyl adjacent to an activating group) is 1. The van der Waals surface area contributed by atoms with Gasteiger partial charge in [0, 0.05) is 25.7 Å². The number of nitrogens with zero attached hydrogens (tertiary/aromatic N) is 1. The minimum Gasteiger partial charge on any atom is -0.396 e. The highest BCUT2D eigenvalue weighted by molar-refractivity contribution is 5.25. The molecule has 0 aromatic heterocycles. The highest BCUT2D eigenvalue weighted by atomic mass is 16.3. The molecule has 0 saturated carbocycles. The number of hydrogen-bond donors (Lipinski definition) is 2. The number of piperidine rings is 1. The first-order valence-corrected chi connectivity index (χ1v) is 7.28. The molecule has 0 radical (unpaired) electrons. The molecule has 2 atom stereocenters. The van der Waals surface area contributed by atoms with E-state index in [1.165, 1.54) is 17.5 Å². The van der Waals surface area contributed by atoms with E-state index >= 15 is 0 Å². The third-order valence-corrected chi connectivity index (χ3v) is 3.95. The van der Waals surface area contributed by atoms with Gasteiger partial charge in [0.2, 0.25) is 0 Å². The summed E-state index contributed by atoms with van der Waals surface area (Å²) in [5.41, 5.74) is 2.77. The molecule has 1 aromatic carbocycles. The maximum absolute atomic E-state index is 8.85. The monoisotopic (exact) mass is 262 g/mol. The second-order valence-electron chi connectivity index (χ2n) is 5.79. The van der Waals surface area contributed by atoms with Crippen LogP contribution < -0.4 is 5.32 Å². The molecule has 2 N–H and O–H groups in total. The Balaban J connectivity index is 1.95. The second-order valence-corrected chi connectivity index (χ2v) is 5.79. The van der Waals surface area contributed by atoms with Crippen molar-refractivity contribution < 1.29 is 5.11 Å². The van der Waals surface area contributed by atoms with Crippen molar-refractivity contribution in [1.29, 1.82) is 0 Å². The Morgan fingerprint density at radius 3 is 2.68 bits per heavy atom. The summed E-state index contributed by atoms with van der Waals surface area (Å²) in [7, 11) is 2.20. The fourth-order valence-corrected chi connectivity index (χ4v) is 2.93. The van der Waals surface area contributed by atoms with E-state index in [1.807, 2.05) is 0 Å². The van der Waals surface area contributed by atoms with Crippen LogP contribution in [-0.2, 0) is 0 Å². The molecular weight excluding hydrogens is 236 g/mol. The number of aryl methyl sites for hydroxylation is 1. The number of likely N-dealkylation sites (tertiary alicyclic amines) is 1. The molecule has 1 aromatic rings. The van der Waals surface area contributed by atoms with Crippen molar-refractivity contribution in [2.45, 2.75) is 31.7 Å². The van der Waals surface area contributed by atoms with Gasteiger partial charge in [0.05, 0.1) is 0 Å². The standard InChI is InChI=1S/C16H26N2O/c1-13-4-6-14(7-5-13)15-10-16(12-18(2)11-15)17-8-3-9-19/h4-7,15-17,19H,3,8-12H2,1-2H3. The molecule has 2 unspecified atom stereocenters. The van der Waals surface area contributed by atoms with E-state index in [4.69, 9.17) is 5.11 Å². The van der Waals surface area contributed by atoms with Crippen molar-refractivity contribution in [2.24, 2.45) is 0 Å². The molecule has 2 rings (SSSR count). The maximum Gasteiger partial charge on any atom is 0.0443 e. The van der Waals surface area contributed by atoms with E-state index < -0.39 is 0 Å². The van der Waals surface area contributed by atoms with Crippen molar-refractivity contribution in [2.75, 3.05) is 33.3 Å². The van der Waals surface area contributed by atoms with Gasteiger partial charge >= 0.3 is 0 Å². The first kappa shape index (κ1) is 14.5. The zero-order valence-corrected chi connectivity index (χ0v) is 12.1. The normalized spacial score (nSPS) is 24.6. The lowest BCUT2D eigenvalue weighted by molar-refractivity contribution is 0.200. The first-order valence-electron chi connectivity index (χ1n) is 7.28. The van der Waals surface area contributed by atoms with Crippen LogP contribution in [0, 0.1) is 6.92 Å². The van der Waals surface area contributed by atoms with Gasteiger partial charge in [-0.3, -0.25) is 0 Å². The van der Waals surface area contributed by atoms with E-state index in [1.54, 1.807) is 0 Å². The number of nitrogens with one attached hydrogen (secondary N) is 1. The van der Waals surface area contributed by atoms with E-state index in [-0.39, 0.29) is 6.61 Å². The minimum absolute atomic E-state index is 0.275. The number of aliphatic hydroxyl groups excluding tert-OH is 1. The Bertz CT molecular complexity index is 377. The largest absolute Gasteiger partial charge is 0.396 e. The molecule has 19 heavy (non-hydrogen) atoms. The molecule has 3 nitrogen and oxygen atoms in total. The molecule has 0 bridgehead atoms. The Morgan fingerprint density at radius 1 is 1.26 bits per heavy atom. The van der Waals surface area contributed by atoms with Gasteiger partial charge in [0.1, 0.15) is 0 Å². The van der Waals surface area contributed by atoms with Gasteiger partial charge in [-0.1, -0.05) is 29.8 Å². The maximum atomic E-state index is 8.85. The molecule has 1 aliphatic rings. The third kappa shape index (κ3) is 4.30. The lowest BCUT2D eigenvalue weighted by atomic mass is 9.88.